The Morgan fingerprint density at radius 3 is 2.52 bits per heavy atom. The van der Waals surface area contributed by atoms with Gasteiger partial charge in [0.2, 0.25) is 5.91 Å². The molecule has 1 unspecified atom stereocenters. The predicted molar refractivity (Wildman–Crippen MR) is 86.3 cm³/mol. The smallest absolute Gasteiger partial charge is 0.231 e. The second kappa shape index (κ2) is 6.37. The third-order valence-corrected chi connectivity index (χ3v) is 5.00. The molecule has 1 amide bonds. The number of carbonyl (C=O) groups is 1. The van der Waals surface area contributed by atoms with Crippen molar-refractivity contribution in [3.8, 4) is 0 Å². The molecule has 0 aliphatic carbocycles. The first-order valence-corrected chi connectivity index (χ1v) is 8.03. The van der Waals surface area contributed by atoms with E-state index in [4.69, 9.17) is 0 Å². The van der Waals surface area contributed by atoms with E-state index >= 15 is 0 Å². The Morgan fingerprint density at radius 2 is 1.96 bits per heavy atom. The van der Waals surface area contributed by atoms with Crippen molar-refractivity contribution in [3.05, 3.63) is 57.8 Å². The molecular weight excluding hydrogens is 320 g/mol. The highest BCUT2D eigenvalue weighted by atomic mass is 32.1. The zero-order valence-corrected chi connectivity index (χ0v) is 14.0. The fraction of sp³-hybridized carbons (Fsp3) is 0.353. The molecule has 0 aliphatic heterocycles. The van der Waals surface area contributed by atoms with Gasteiger partial charge in [0.15, 0.2) is 0 Å². The van der Waals surface area contributed by atoms with Crippen LogP contribution in [0.1, 0.15) is 31.2 Å². The Morgan fingerprint density at radius 1 is 1.26 bits per heavy atom. The second-order valence-electron chi connectivity index (χ2n) is 6.18. The summed E-state index contributed by atoms with van der Waals surface area (Å²) in [5, 5.41) is 15.0. The minimum Gasteiger partial charge on any atom is -0.383 e. The molecule has 1 heterocycles. The van der Waals surface area contributed by atoms with Crippen LogP contribution in [0.5, 0.6) is 0 Å². The number of hydrogen-bond acceptors (Lipinski definition) is 3. The van der Waals surface area contributed by atoms with Crippen LogP contribution in [0.2, 0.25) is 0 Å². The molecule has 2 aromatic rings. The van der Waals surface area contributed by atoms with Crippen LogP contribution in [0.15, 0.2) is 35.7 Å². The molecule has 23 heavy (non-hydrogen) atoms. The molecule has 0 bridgehead atoms. The Kier molecular flexibility index (Phi) is 4.87. The Hall–Kier alpha value is -1.79. The van der Waals surface area contributed by atoms with Gasteiger partial charge >= 0.3 is 0 Å². The molecule has 1 aromatic carbocycles. The quantitative estimate of drug-likeness (QED) is 0.878. The lowest BCUT2D eigenvalue weighted by Gasteiger charge is -2.28. The lowest BCUT2D eigenvalue weighted by molar-refractivity contribution is -0.126. The number of thiophene rings is 1. The van der Waals surface area contributed by atoms with Gasteiger partial charge in [-0.15, -0.1) is 11.3 Å². The largest absolute Gasteiger partial charge is 0.383 e. The maximum absolute atomic E-state index is 13.8. The zero-order valence-electron chi connectivity index (χ0n) is 13.2. The van der Waals surface area contributed by atoms with E-state index in [0.717, 1.165) is 10.9 Å². The molecule has 1 atom stereocenters. The van der Waals surface area contributed by atoms with Crippen molar-refractivity contribution in [2.24, 2.45) is 0 Å². The Balaban J connectivity index is 2.11. The molecule has 124 valence electrons. The van der Waals surface area contributed by atoms with Gasteiger partial charge in [-0.05, 0) is 38.3 Å². The summed E-state index contributed by atoms with van der Waals surface area (Å²) in [5.41, 5.74) is -2.46. The highest BCUT2D eigenvalue weighted by Crippen LogP contribution is 2.28. The van der Waals surface area contributed by atoms with Gasteiger partial charge < -0.3 is 10.4 Å². The van der Waals surface area contributed by atoms with Gasteiger partial charge in [0, 0.05) is 16.5 Å². The van der Waals surface area contributed by atoms with Crippen LogP contribution in [0.25, 0.3) is 0 Å². The van der Waals surface area contributed by atoms with Crippen LogP contribution in [0.4, 0.5) is 8.78 Å². The summed E-state index contributed by atoms with van der Waals surface area (Å²) >= 11 is 1.47. The van der Waals surface area contributed by atoms with Gasteiger partial charge in [-0.25, -0.2) is 8.78 Å². The summed E-state index contributed by atoms with van der Waals surface area (Å²) in [6, 6.07) is 6.69. The van der Waals surface area contributed by atoms with Crippen molar-refractivity contribution in [1.29, 1.82) is 0 Å². The van der Waals surface area contributed by atoms with E-state index < -0.39 is 22.7 Å². The standard InChI is InChI=1S/C17H19F2NO2S/c1-16(2,14-5-4-8-23-14)15(21)20-10-17(3,22)12-7-6-11(18)9-13(12)19/h4-9,22H,10H2,1-3H3,(H,20,21). The molecular formula is C17H19F2NO2S. The number of hydrogen-bond donors (Lipinski definition) is 2. The van der Waals surface area contributed by atoms with Crippen LogP contribution in [-0.4, -0.2) is 17.6 Å². The van der Waals surface area contributed by atoms with Gasteiger partial charge in [0.25, 0.3) is 0 Å². The normalized spacial score (nSPS) is 14.3. The average Bonchev–Trinajstić information content (AvgIpc) is 2.99. The second-order valence-corrected chi connectivity index (χ2v) is 7.13. The Labute approximate surface area is 138 Å². The third-order valence-electron chi connectivity index (χ3n) is 3.81. The van der Waals surface area contributed by atoms with Crippen LogP contribution in [-0.2, 0) is 15.8 Å². The molecule has 1 aromatic heterocycles. The number of amides is 1. The molecule has 3 nitrogen and oxygen atoms in total. The fourth-order valence-corrected chi connectivity index (χ4v) is 3.09. The van der Waals surface area contributed by atoms with Crippen molar-refractivity contribution in [3.63, 3.8) is 0 Å². The highest BCUT2D eigenvalue weighted by Gasteiger charge is 2.33. The topological polar surface area (TPSA) is 49.3 Å². The summed E-state index contributed by atoms with van der Waals surface area (Å²) in [6.45, 7) is 4.76. The molecule has 0 radical (unpaired) electrons. The van der Waals surface area contributed by atoms with E-state index in [-0.39, 0.29) is 18.0 Å². The first kappa shape index (κ1) is 17.6. The summed E-state index contributed by atoms with van der Waals surface area (Å²) in [5.74, 6) is -1.84. The molecule has 0 saturated heterocycles. The van der Waals surface area contributed by atoms with Crippen molar-refractivity contribution in [2.75, 3.05) is 6.54 Å². The van der Waals surface area contributed by atoms with Gasteiger partial charge in [0.1, 0.15) is 17.2 Å². The fourth-order valence-electron chi connectivity index (χ4n) is 2.24. The summed E-state index contributed by atoms with van der Waals surface area (Å²) in [6.07, 6.45) is 0. The van der Waals surface area contributed by atoms with Crippen LogP contribution in [0.3, 0.4) is 0 Å². The number of rotatable bonds is 5. The summed E-state index contributed by atoms with van der Waals surface area (Å²) in [4.78, 5) is 13.3. The highest BCUT2D eigenvalue weighted by molar-refractivity contribution is 7.10. The first-order chi connectivity index (χ1) is 10.6. The van der Waals surface area contributed by atoms with Crippen molar-refractivity contribution >= 4 is 17.2 Å². The Bertz CT molecular complexity index is 697. The van der Waals surface area contributed by atoms with Gasteiger partial charge in [-0.2, -0.15) is 0 Å². The van der Waals surface area contributed by atoms with Crippen molar-refractivity contribution in [1.82, 2.24) is 5.32 Å². The summed E-state index contributed by atoms with van der Waals surface area (Å²) < 4.78 is 26.8. The van der Waals surface area contributed by atoms with Crippen molar-refractivity contribution in [2.45, 2.75) is 31.8 Å². The van der Waals surface area contributed by atoms with Crippen LogP contribution in [0, 0.1) is 11.6 Å². The summed E-state index contributed by atoms with van der Waals surface area (Å²) in [7, 11) is 0. The zero-order chi connectivity index (χ0) is 17.3. The number of halogens is 2. The third kappa shape index (κ3) is 3.76. The molecule has 0 aliphatic rings. The molecule has 0 spiro atoms. The lowest BCUT2D eigenvalue weighted by Crippen LogP contribution is -2.45. The van der Waals surface area contributed by atoms with Crippen LogP contribution < -0.4 is 5.32 Å². The SMILES string of the molecule is CC(O)(CNC(=O)C(C)(C)c1cccs1)c1ccc(F)cc1F. The number of nitrogens with one attached hydrogen (secondary N) is 1. The van der Waals surface area contributed by atoms with E-state index in [1.807, 2.05) is 17.5 Å². The van der Waals surface area contributed by atoms with E-state index in [0.29, 0.717) is 6.07 Å². The maximum atomic E-state index is 13.8. The molecule has 2 N–H and O–H groups in total. The van der Waals surface area contributed by atoms with E-state index in [1.54, 1.807) is 13.8 Å². The van der Waals surface area contributed by atoms with E-state index in [2.05, 4.69) is 5.32 Å². The molecule has 0 saturated carbocycles. The molecule has 0 fully saturated rings. The predicted octanol–water partition coefficient (Wildman–Crippen LogP) is 3.33. The van der Waals surface area contributed by atoms with E-state index in [1.165, 1.54) is 24.3 Å². The number of benzene rings is 1. The molecule has 6 heteroatoms. The van der Waals surface area contributed by atoms with E-state index in [9.17, 15) is 18.7 Å². The van der Waals surface area contributed by atoms with Crippen LogP contribution >= 0.6 is 11.3 Å². The van der Waals surface area contributed by atoms with Gasteiger partial charge in [-0.1, -0.05) is 12.1 Å². The number of aliphatic hydroxyl groups is 1. The van der Waals surface area contributed by atoms with Crippen molar-refractivity contribution < 1.29 is 18.7 Å². The lowest BCUT2D eigenvalue weighted by atomic mass is 9.89. The monoisotopic (exact) mass is 339 g/mol. The minimum atomic E-state index is -1.64. The molecule has 2 rings (SSSR count). The van der Waals surface area contributed by atoms with Gasteiger partial charge in [0.05, 0.1) is 12.0 Å². The maximum Gasteiger partial charge on any atom is 0.231 e. The average molecular weight is 339 g/mol. The number of carbonyl (C=O) groups excluding carboxylic acids is 1. The minimum absolute atomic E-state index is 0.0619. The van der Waals surface area contributed by atoms with Gasteiger partial charge in [-0.3, -0.25) is 4.79 Å². The first-order valence-electron chi connectivity index (χ1n) is 7.15.